The maximum absolute atomic E-state index is 12.0. The van der Waals surface area contributed by atoms with Crippen molar-refractivity contribution in [2.45, 2.75) is 36.9 Å². The topological polar surface area (TPSA) is 102 Å². The number of rotatable bonds is 12. The van der Waals surface area contributed by atoms with Gasteiger partial charge in [-0.05, 0) is 30.5 Å². The van der Waals surface area contributed by atoms with Crippen molar-refractivity contribution in [3.8, 4) is 11.5 Å². The van der Waals surface area contributed by atoms with Crippen LogP contribution in [0.5, 0.6) is 11.5 Å². The van der Waals surface area contributed by atoms with Crippen molar-refractivity contribution in [3.63, 3.8) is 0 Å². The van der Waals surface area contributed by atoms with Gasteiger partial charge in [0, 0.05) is 13.0 Å². The molecule has 0 atom stereocenters. The molecule has 2 N–H and O–H groups in total. The Morgan fingerprint density at radius 3 is 2.66 bits per heavy atom. The van der Waals surface area contributed by atoms with E-state index in [2.05, 4.69) is 20.8 Å². The predicted octanol–water partition coefficient (Wildman–Crippen LogP) is 3.14. The summed E-state index contributed by atoms with van der Waals surface area (Å²) >= 11 is 2.56. The van der Waals surface area contributed by atoms with Crippen molar-refractivity contribution in [3.05, 3.63) is 23.8 Å². The first kappa shape index (κ1) is 23.0. The number of carbonyl (C=O) groups is 2. The van der Waals surface area contributed by atoms with Gasteiger partial charge in [-0.15, -0.1) is 10.2 Å². The number of thioether (sulfide) groups is 1. The number of aromatic nitrogens is 2. The molecule has 2 amide bonds. The van der Waals surface area contributed by atoms with Crippen molar-refractivity contribution in [2.24, 2.45) is 0 Å². The van der Waals surface area contributed by atoms with Crippen LogP contribution in [0.15, 0.2) is 22.5 Å². The third-order valence-electron chi connectivity index (χ3n) is 3.92. The van der Waals surface area contributed by atoms with Gasteiger partial charge in [-0.2, -0.15) is 0 Å². The summed E-state index contributed by atoms with van der Waals surface area (Å²) in [6.45, 7) is 2.55. The molecule has 0 aliphatic heterocycles. The van der Waals surface area contributed by atoms with Crippen molar-refractivity contribution >= 4 is 40.0 Å². The number of nitrogens with one attached hydrogen (secondary N) is 2. The van der Waals surface area contributed by atoms with E-state index in [-0.39, 0.29) is 17.6 Å². The minimum Gasteiger partial charge on any atom is -0.493 e. The van der Waals surface area contributed by atoms with Gasteiger partial charge >= 0.3 is 0 Å². The standard InChI is InChI=1S/C19H26N4O4S2/c1-4-5-6-16(24)21-18-22-23-19(29-18)28-12-17(25)20-10-9-13-7-8-14(26-2)15(11-13)27-3/h7-8,11H,4-6,9-10,12H2,1-3H3,(H,20,25)(H,21,22,24). The van der Waals surface area contributed by atoms with Gasteiger partial charge in [0.1, 0.15) is 0 Å². The Hall–Kier alpha value is -2.33. The van der Waals surface area contributed by atoms with E-state index in [0.29, 0.717) is 40.4 Å². The lowest BCUT2D eigenvalue weighted by Gasteiger charge is -2.10. The second-order valence-electron chi connectivity index (χ2n) is 6.10. The van der Waals surface area contributed by atoms with Crippen LogP contribution in [0.2, 0.25) is 0 Å². The zero-order valence-electron chi connectivity index (χ0n) is 16.8. The fraction of sp³-hybridized carbons (Fsp3) is 0.474. The van der Waals surface area contributed by atoms with E-state index >= 15 is 0 Å². The number of amides is 2. The average molecular weight is 439 g/mol. The molecule has 0 spiro atoms. The van der Waals surface area contributed by atoms with E-state index in [1.165, 1.54) is 23.1 Å². The minimum atomic E-state index is -0.0841. The highest BCUT2D eigenvalue weighted by Gasteiger charge is 2.10. The molecule has 1 heterocycles. The van der Waals surface area contributed by atoms with Crippen LogP contribution >= 0.6 is 23.1 Å². The number of nitrogens with zero attached hydrogens (tertiary/aromatic N) is 2. The van der Waals surface area contributed by atoms with Gasteiger partial charge in [0.05, 0.1) is 20.0 Å². The molecule has 29 heavy (non-hydrogen) atoms. The summed E-state index contributed by atoms with van der Waals surface area (Å²) in [5, 5.41) is 14.0. The first-order valence-electron chi connectivity index (χ1n) is 9.29. The smallest absolute Gasteiger partial charge is 0.230 e. The summed E-state index contributed by atoms with van der Waals surface area (Å²) in [6.07, 6.45) is 2.96. The van der Waals surface area contributed by atoms with Crippen LogP contribution in [0.25, 0.3) is 0 Å². The molecule has 0 aliphatic carbocycles. The molecule has 0 radical (unpaired) electrons. The van der Waals surface area contributed by atoms with Gasteiger partial charge in [0.15, 0.2) is 15.8 Å². The SMILES string of the molecule is CCCCC(=O)Nc1nnc(SCC(=O)NCCc2ccc(OC)c(OC)c2)s1. The summed E-state index contributed by atoms with van der Waals surface area (Å²) in [5.41, 5.74) is 1.04. The van der Waals surface area contributed by atoms with Crippen LogP contribution in [0.1, 0.15) is 31.7 Å². The number of hydrogen-bond donors (Lipinski definition) is 2. The third-order valence-corrected chi connectivity index (χ3v) is 5.89. The largest absolute Gasteiger partial charge is 0.493 e. The van der Waals surface area contributed by atoms with Gasteiger partial charge in [0.2, 0.25) is 16.9 Å². The van der Waals surface area contributed by atoms with Gasteiger partial charge in [-0.1, -0.05) is 42.5 Å². The Labute approximate surface area is 178 Å². The van der Waals surface area contributed by atoms with Crippen LogP contribution in [0.4, 0.5) is 5.13 Å². The van der Waals surface area contributed by atoms with Crippen molar-refractivity contribution in [2.75, 3.05) is 31.8 Å². The number of anilines is 1. The number of ether oxygens (including phenoxy) is 2. The Bertz CT molecular complexity index is 813. The molecule has 1 aromatic heterocycles. The van der Waals surface area contributed by atoms with Crippen molar-refractivity contribution in [1.29, 1.82) is 0 Å². The molecule has 158 valence electrons. The minimum absolute atomic E-state index is 0.0625. The van der Waals surface area contributed by atoms with Crippen molar-refractivity contribution < 1.29 is 19.1 Å². The highest BCUT2D eigenvalue weighted by molar-refractivity contribution is 8.01. The Morgan fingerprint density at radius 1 is 1.14 bits per heavy atom. The van der Waals surface area contributed by atoms with Gasteiger partial charge in [-0.3, -0.25) is 9.59 Å². The van der Waals surface area contributed by atoms with E-state index < -0.39 is 0 Å². The zero-order chi connectivity index (χ0) is 21.1. The Balaban J connectivity index is 1.70. The highest BCUT2D eigenvalue weighted by atomic mass is 32.2. The summed E-state index contributed by atoms with van der Waals surface area (Å²) in [4.78, 5) is 23.7. The highest BCUT2D eigenvalue weighted by Crippen LogP contribution is 2.28. The first-order chi connectivity index (χ1) is 14.0. The fourth-order valence-electron chi connectivity index (χ4n) is 2.40. The summed E-state index contributed by atoms with van der Waals surface area (Å²) in [6, 6.07) is 5.69. The third kappa shape index (κ3) is 7.90. The molecule has 2 rings (SSSR count). The second-order valence-corrected chi connectivity index (χ2v) is 8.30. The molecule has 2 aromatic rings. The van der Waals surface area contributed by atoms with Crippen molar-refractivity contribution in [1.82, 2.24) is 15.5 Å². The van der Waals surface area contributed by atoms with Crippen LogP contribution < -0.4 is 20.1 Å². The molecule has 0 saturated heterocycles. The number of methoxy groups -OCH3 is 2. The number of hydrogen-bond acceptors (Lipinski definition) is 8. The number of benzene rings is 1. The predicted molar refractivity (Wildman–Crippen MR) is 115 cm³/mol. The van der Waals surface area contributed by atoms with E-state index in [1.807, 2.05) is 25.1 Å². The van der Waals surface area contributed by atoms with Crippen LogP contribution in [0.3, 0.4) is 0 Å². The molecule has 1 aromatic carbocycles. The summed E-state index contributed by atoms with van der Waals surface area (Å²) in [5.74, 6) is 1.44. The number of unbranched alkanes of at least 4 members (excludes halogenated alkanes) is 1. The Kier molecular flexibility index (Phi) is 9.72. The summed E-state index contributed by atoms with van der Waals surface area (Å²) < 4.78 is 11.1. The molecule has 8 nitrogen and oxygen atoms in total. The quantitative estimate of drug-likeness (QED) is 0.388. The molecule has 0 aliphatic rings. The van der Waals surface area contributed by atoms with Gasteiger partial charge < -0.3 is 20.1 Å². The number of carbonyl (C=O) groups excluding carboxylic acids is 2. The normalized spacial score (nSPS) is 10.4. The monoisotopic (exact) mass is 438 g/mol. The molecule has 0 bridgehead atoms. The molecular weight excluding hydrogens is 412 g/mol. The lowest BCUT2D eigenvalue weighted by atomic mass is 10.1. The molecule has 0 fully saturated rings. The lowest BCUT2D eigenvalue weighted by Crippen LogP contribution is -2.27. The van der Waals surface area contributed by atoms with E-state index in [9.17, 15) is 9.59 Å². The maximum Gasteiger partial charge on any atom is 0.230 e. The van der Waals surface area contributed by atoms with Gasteiger partial charge in [-0.25, -0.2) is 0 Å². The van der Waals surface area contributed by atoms with E-state index in [1.54, 1.807) is 14.2 Å². The van der Waals surface area contributed by atoms with Crippen LogP contribution in [-0.4, -0.2) is 48.5 Å². The van der Waals surface area contributed by atoms with Crippen LogP contribution in [0, 0.1) is 0 Å². The Morgan fingerprint density at radius 2 is 1.93 bits per heavy atom. The lowest BCUT2D eigenvalue weighted by molar-refractivity contribution is -0.118. The van der Waals surface area contributed by atoms with Crippen LogP contribution in [-0.2, 0) is 16.0 Å². The molecule has 0 unspecified atom stereocenters. The van der Waals surface area contributed by atoms with E-state index in [4.69, 9.17) is 9.47 Å². The van der Waals surface area contributed by atoms with Gasteiger partial charge in [0.25, 0.3) is 0 Å². The molecular formula is C19H26N4O4S2. The second kappa shape index (κ2) is 12.3. The molecule has 0 saturated carbocycles. The first-order valence-corrected chi connectivity index (χ1v) is 11.1. The van der Waals surface area contributed by atoms with E-state index in [0.717, 1.165) is 18.4 Å². The molecule has 10 heteroatoms. The maximum atomic E-state index is 12.0. The average Bonchev–Trinajstić information content (AvgIpc) is 3.17. The summed E-state index contributed by atoms with van der Waals surface area (Å²) in [7, 11) is 3.19. The zero-order valence-corrected chi connectivity index (χ0v) is 18.5. The fourth-order valence-corrected chi connectivity index (χ4v) is 4.00.